The number of nitrogens with one attached hydrogen (secondary N) is 1. The van der Waals surface area contributed by atoms with Gasteiger partial charge in [-0.3, -0.25) is 0 Å². The molecule has 0 saturated carbocycles. The molecule has 6 heteroatoms. The summed E-state index contributed by atoms with van der Waals surface area (Å²) in [7, 11) is -2.80. The minimum Gasteiger partial charge on any atom is -0.366 e. The minimum atomic E-state index is -2.80. The lowest BCUT2D eigenvalue weighted by Gasteiger charge is -2.24. The van der Waals surface area contributed by atoms with E-state index in [0.29, 0.717) is 12.8 Å². The zero-order valence-electron chi connectivity index (χ0n) is 9.61. The lowest BCUT2D eigenvalue weighted by Crippen LogP contribution is -2.32. The molecule has 1 aliphatic rings. The van der Waals surface area contributed by atoms with Gasteiger partial charge in [0.1, 0.15) is 15.7 Å². The van der Waals surface area contributed by atoms with E-state index < -0.39 is 9.84 Å². The van der Waals surface area contributed by atoms with E-state index in [4.69, 9.17) is 0 Å². The molecule has 1 saturated heterocycles. The van der Waals surface area contributed by atoms with Crippen LogP contribution in [-0.4, -0.2) is 30.9 Å². The smallest absolute Gasteiger partial charge is 0.150 e. The molecule has 4 nitrogen and oxygen atoms in total. The minimum absolute atomic E-state index is 0.198. The van der Waals surface area contributed by atoms with E-state index in [0.717, 1.165) is 15.9 Å². The first-order valence-corrected chi connectivity index (χ1v) is 8.17. The lowest BCUT2D eigenvalue weighted by atomic mass is 10.1. The van der Waals surface area contributed by atoms with Crippen molar-refractivity contribution in [1.29, 1.82) is 0 Å². The summed E-state index contributed by atoms with van der Waals surface area (Å²) in [5, 5.41) is 3.31. The topological polar surface area (TPSA) is 59.1 Å². The SMILES string of the molecule is Cc1ccnc(NC2CCS(=O)(=O)CC2)c1Br. The Bertz CT molecular complexity index is 502. The van der Waals surface area contributed by atoms with Crippen LogP contribution in [0.1, 0.15) is 18.4 Å². The maximum absolute atomic E-state index is 11.3. The van der Waals surface area contributed by atoms with Gasteiger partial charge in [-0.05, 0) is 47.3 Å². The second kappa shape index (κ2) is 4.94. The van der Waals surface area contributed by atoms with Crippen LogP contribution in [-0.2, 0) is 9.84 Å². The summed E-state index contributed by atoms with van der Waals surface area (Å²) in [6.07, 6.45) is 3.07. The summed E-state index contributed by atoms with van der Waals surface area (Å²) in [6, 6.07) is 2.13. The van der Waals surface area contributed by atoms with Gasteiger partial charge in [-0.1, -0.05) is 0 Å². The van der Waals surface area contributed by atoms with Crippen molar-refractivity contribution in [3.8, 4) is 0 Å². The Morgan fingerprint density at radius 2 is 2.06 bits per heavy atom. The van der Waals surface area contributed by atoms with Crippen molar-refractivity contribution < 1.29 is 8.42 Å². The summed E-state index contributed by atoms with van der Waals surface area (Å²) >= 11 is 3.49. The van der Waals surface area contributed by atoms with E-state index in [-0.39, 0.29) is 17.5 Å². The van der Waals surface area contributed by atoms with Gasteiger partial charge in [-0.2, -0.15) is 0 Å². The third kappa shape index (κ3) is 3.19. The average Bonchev–Trinajstić information content (AvgIpc) is 2.27. The number of hydrogen-bond acceptors (Lipinski definition) is 4. The molecule has 0 spiro atoms. The molecule has 1 fully saturated rings. The van der Waals surface area contributed by atoms with E-state index in [1.54, 1.807) is 6.20 Å². The fraction of sp³-hybridized carbons (Fsp3) is 0.545. The summed E-state index contributed by atoms with van der Waals surface area (Å²) in [5.41, 5.74) is 1.12. The molecule has 0 radical (unpaired) electrons. The number of sulfone groups is 1. The van der Waals surface area contributed by atoms with E-state index in [2.05, 4.69) is 26.2 Å². The maximum atomic E-state index is 11.3. The van der Waals surface area contributed by atoms with Crippen LogP contribution in [0.3, 0.4) is 0 Å². The van der Waals surface area contributed by atoms with Gasteiger partial charge in [-0.15, -0.1) is 0 Å². The third-order valence-corrected chi connectivity index (χ3v) is 5.69. The predicted molar refractivity (Wildman–Crippen MR) is 72.0 cm³/mol. The third-order valence-electron chi connectivity index (χ3n) is 2.98. The summed E-state index contributed by atoms with van der Waals surface area (Å²) in [5.74, 6) is 1.34. The molecule has 2 rings (SSSR count). The van der Waals surface area contributed by atoms with E-state index in [1.807, 2.05) is 13.0 Å². The number of rotatable bonds is 2. The van der Waals surface area contributed by atoms with Gasteiger partial charge >= 0.3 is 0 Å². The quantitative estimate of drug-likeness (QED) is 0.907. The Morgan fingerprint density at radius 3 is 2.71 bits per heavy atom. The van der Waals surface area contributed by atoms with Crippen molar-refractivity contribution in [1.82, 2.24) is 4.98 Å². The lowest BCUT2D eigenvalue weighted by molar-refractivity contribution is 0.559. The number of anilines is 1. The number of aromatic nitrogens is 1. The molecule has 17 heavy (non-hydrogen) atoms. The highest BCUT2D eigenvalue weighted by Gasteiger charge is 2.24. The molecule has 0 unspecified atom stereocenters. The van der Waals surface area contributed by atoms with Crippen molar-refractivity contribution in [3.05, 3.63) is 22.3 Å². The van der Waals surface area contributed by atoms with Gasteiger partial charge in [0, 0.05) is 12.2 Å². The first-order valence-electron chi connectivity index (χ1n) is 5.56. The highest BCUT2D eigenvalue weighted by molar-refractivity contribution is 9.10. The highest BCUT2D eigenvalue weighted by atomic mass is 79.9. The monoisotopic (exact) mass is 318 g/mol. The standard InChI is InChI=1S/C11H15BrN2O2S/c1-8-2-5-13-11(10(8)12)14-9-3-6-17(15,16)7-4-9/h2,5,9H,3-4,6-7H2,1H3,(H,13,14). The molecular weight excluding hydrogens is 304 g/mol. The van der Waals surface area contributed by atoms with Crippen molar-refractivity contribution in [2.75, 3.05) is 16.8 Å². The van der Waals surface area contributed by atoms with Gasteiger partial charge in [0.15, 0.2) is 0 Å². The number of pyridine rings is 1. The van der Waals surface area contributed by atoms with Crippen LogP contribution in [0.4, 0.5) is 5.82 Å². The molecular formula is C11H15BrN2O2S. The molecule has 0 atom stereocenters. The highest BCUT2D eigenvalue weighted by Crippen LogP contribution is 2.25. The molecule has 0 aromatic carbocycles. The van der Waals surface area contributed by atoms with Crippen molar-refractivity contribution in [2.24, 2.45) is 0 Å². The van der Waals surface area contributed by atoms with E-state index >= 15 is 0 Å². The van der Waals surface area contributed by atoms with E-state index in [1.165, 1.54) is 0 Å². The summed E-state index contributed by atoms with van der Waals surface area (Å²) in [6.45, 7) is 2.00. The second-order valence-electron chi connectivity index (χ2n) is 4.36. The molecule has 2 heterocycles. The number of nitrogens with zero attached hydrogens (tertiary/aromatic N) is 1. The van der Waals surface area contributed by atoms with Gasteiger partial charge in [0.2, 0.25) is 0 Å². The van der Waals surface area contributed by atoms with Gasteiger partial charge in [0.05, 0.1) is 16.0 Å². The van der Waals surface area contributed by atoms with Gasteiger partial charge in [0.25, 0.3) is 0 Å². The molecule has 0 aliphatic carbocycles. The molecule has 1 aromatic heterocycles. The molecule has 94 valence electrons. The van der Waals surface area contributed by atoms with Crippen LogP contribution in [0.25, 0.3) is 0 Å². The number of halogens is 1. The van der Waals surface area contributed by atoms with Crippen LogP contribution in [0.15, 0.2) is 16.7 Å². The first-order chi connectivity index (χ1) is 7.98. The Morgan fingerprint density at radius 1 is 1.41 bits per heavy atom. The molecule has 0 bridgehead atoms. The number of aryl methyl sites for hydroxylation is 1. The van der Waals surface area contributed by atoms with Gasteiger partial charge < -0.3 is 5.32 Å². The molecule has 0 amide bonds. The zero-order chi connectivity index (χ0) is 12.5. The second-order valence-corrected chi connectivity index (χ2v) is 7.46. The predicted octanol–water partition coefficient (Wildman–Crippen LogP) is 2.14. The van der Waals surface area contributed by atoms with Crippen molar-refractivity contribution in [2.45, 2.75) is 25.8 Å². The van der Waals surface area contributed by atoms with Crippen LogP contribution < -0.4 is 5.32 Å². The Balaban J connectivity index is 2.05. The van der Waals surface area contributed by atoms with Crippen LogP contribution in [0, 0.1) is 6.92 Å². The van der Waals surface area contributed by atoms with E-state index in [9.17, 15) is 8.42 Å². The largest absolute Gasteiger partial charge is 0.366 e. The Labute approximate surface area is 110 Å². The molecule has 1 N–H and O–H groups in total. The maximum Gasteiger partial charge on any atom is 0.150 e. The molecule has 1 aromatic rings. The fourth-order valence-corrected chi connectivity index (χ4v) is 3.71. The number of hydrogen-bond donors (Lipinski definition) is 1. The zero-order valence-corrected chi connectivity index (χ0v) is 12.0. The Kier molecular flexibility index (Phi) is 3.73. The fourth-order valence-electron chi connectivity index (χ4n) is 1.87. The van der Waals surface area contributed by atoms with Gasteiger partial charge in [-0.25, -0.2) is 13.4 Å². The summed E-state index contributed by atoms with van der Waals surface area (Å²) < 4.78 is 23.6. The average molecular weight is 319 g/mol. The molecule has 1 aliphatic heterocycles. The normalized spacial score (nSPS) is 20.1. The van der Waals surface area contributed by atoms with Crippen LogP contribution >= 0.6 is 15.9 Å². The van der Waals surface area contributed by atoms with Crippen molar-refractivity contribution >= 4 is 31.6 Å². The first kappa shape index (κ1) is 12.8. The Hall–Kier alpha value is -0.620. The van der Waals surface area contributed by atoms with Crippen LogP contribution in [0.2, 0.25) is 0 Å². The summed E-state index contributed by atoms with van der Waals surface area (Å²) in [4.78, 5) is 4.26. The van der Waals surface area contributed by atoms with Crippen molar-refractivity contribution in [3.63, 3.8) is 0 Å². The van der Waals surface area contributed by atoms with Crippen LogP contribution in [0.5, 0.6) is 0 Å².